The molecule has 23 heavy (non-hydrogen) atoms. The van der Waals surface area contributed by atoms with Gasteiger partial charge in [0.2, 0.25) is 0 Å². The molecule has 126 valence electrons. The van der Waals surface area contributed by atoms with Crippen LogP contribution in [0.4, 0.5) is 0 Å². The van der Waals surface area contributed by atoms with E-state index in [4.69, 9.17) is 0 Å². The Kier molecular flexibility index (Phi) is 3.39. The lowest BCUT2D eigenvalue weighted by Gasteiger charge is -2.59. The van der Waals surface area contributed by atoms with Crippen molar-refractivity contribution in [2.45, 2.75) is 58.8 Å². The number of hydrogen-bond acceptors (Lipinski definition) is 3. The number of Topliss-reactive ketones (excluding diaryl/α,β-unsaturated/α-hetero) is 1. The van der Waals surface area contributed by atoms with Crippen LogP contribution in [0.15, 0.2) is 11.6 Å². The second kappa shape index (κ2) is 5.02. The average Bonchev–Trinajstić information content (AvgIpc) is 2.84. The molecule has 1 unspecified atom stereocenters. The summed E-state index contributed by atoms with van der Waals surface area (Å²) in [6.45, 7) is 4.57. The first-order valence-corrected chi connectivity index (χ1v) is 9.31. The highest BCUT2D eigenvalue weighted by Crippen LogP contribution is 2.65. The van der Waals surface area contributed by atoms with Crippen LogP contribution >= 0.6 is 0 Å². The Labute approximate surface area is 138 Å². The van der Waals surface area contributed by atoms with Crippen LogP contribution in [0.1, 0.15) is 58.8 Å². The first kappa shape index (κ1) is 15.6. The highest BCUT2D eigenvalue weighted by molar-refractivity contribution is 5.92. The zero-order valence-electron chi connectivity index (χ0n) is 14.3. The van der Waals surface area contributed by atoms with Gasteiger partial charge in [-0.3, -0.25) is 9.59 Å². The highest BCUT2D eigenvalue weighted by atomic mass is 16.3. The average molecular weight is 316 g/mol. The van der Waals surface area contributed by atoms with Gasteiger partial charge >= 0.3 is 0 Å². The maximum atomic E-state index is 12.5. The summed E-state index contributed by atoms with van der Waals surface area (Å²) >= 11 is 0. The van der Waals surface area contributed by atoms with Gasteiger partial charge in [0.05, 0.1) is 6.61 Å². The molecule has 1 N–H and O–H groups in total. The molecule has 4 aliphatic rings. The zero-order chi connectivity index (χ0) is 16.4. The van der Waals surface area contributed by atoms with E-state index in [1.54, 1.807) is 0 Å². The molecule has 3 nitrogen and oxygen atoms in total. The van der Waals surface area contributed by atoms with Crippen molar-refractivity contribution in [3.63, 3.8) is 0 Å². The van der Waals surface area contributed by atoms with Crippen molar-refractivity contribution in [1.82, 2.24) is 0 Å². The van der Waals surface area contributed by atoms with Crippen molar-refractivity contribution in [1.29, 1.82) is 0 Å². The molecular formula is C20H28O3. The van der Waals surface area contributed by atoms with Crippen molar-refractivity contribution in [2.75, 3.05) is 6.61 Å². The predicted octanol–water partition coefficient (Wildman–Crippen LogP) is 3.31. The van der Waals surface area contributed by atoms with Crippen LogP contribution in [-0.2, 0) is 9.59 Å². The molecule has 0 saturated heterocycles. The Hall–Kier alpha value is -0.960. The zero-order valence-corrected chi connectivity index (χ0v) is 14.3. The molecule has 3 fully saturated rings. The van der Waals surface area contributed by atoms with Crippen LogP contribution in [0.2, 0.25) is 0 Å². The molecule has 0 amide bonds. The van der Waals surface area contributed by atoms with Crippen LogP contribution < -0.4 is 0 Å². The Morgan fingerprint density at radius 1 is 1.17 bits per heavy atom. The van der Waals surface area contributed by atoms with Gasteiger partial charge in [-0.2, -0.15) is 0 Å². The quantitative estimate of drug-likeness (QED) is 0.807. The third kappa shape index (κ3) is 1.92. The molecule has 4 aliphatic carbocycles. The monoisotopic (exact) mass is 316 g/mol. The fourth-order valence-corrected chi connectivity index (χ4v) is 6.81. The highest BCUT2D eigenvalue weighted by Gasteiger charge is 2.61. The third-order valence-corrected chi connectivity index (χ3v) is 8.00. The van der Waals surface area contributed by atoms with Gasteiger partial charge in [0.15, 0.2) is 5.78 Å². The minimum absolute atomic E-state index is 0.122. The van der Waals surface area contributed by atoms with Gasteiger partial charge in [0.25, 0.3) is 0 Å². The van der Waals surface area contributed by atoms with E-state index in [1.165, 1.54) is 5.57 Å². The van der Waals surface area contributed by atoms with Gasteiger partial charge in [0.1, 0.15) is 5.78 Å². The predicted molar refractivity (Wildman–Crippen MR) is 87.7 cm³/mol. The largest absolute Gasteiger partial charge is 0.395 e. The summed E-state index contributed by atoms with van der Waals surface area (Å²) in [6.07, 6.45) is 8.08. The molecule has 4 rings (SSSR count). The Morgan fingerprint density at radius 3 is 2.70 bits per heavy atom. The summed E-state index contributed by atoms with van der Waals surface area (Å²) in [5.74, 6) is 2.52. The normalized spacial score (nSPS) is 49.3. The van der Waals surface area contributed by atoms with Gasteiger partial charge in [-0.25, -0.2) is 0 Å². The molecule has 0 bridgehead atoms. The molecule has 6 atom stereocenters. The topological polar surface area (TPSA) is 54.4 Å². The van der Waals surface area contributed by atoms with E-state index < -0.39 is 0 Å². The molecule has 3 heteroatoms. The smallest absolute Gasteiger partial charge is 0.155 e. The van der Waals surface area contributed by atoms with E-state index in [2.05, 4.69) is 13.8 Å². The van der Waals surface area contributed by atoms with Crippen LogP contribution in [0.3, 0.4) is 0 Å². The molecule has 0 heterocycles. The van der Waals surface area contributed by atoms with Gasteiger partial charge in [-0.05, 0) is 61.9 Å². The standard InChI is InChI=1S/C20H28O3/c1-12-9-14-15-3-4-18(23)19(15,2)7-6-16(14)20(11-21)8-5-13(22)10-17(12)20/h10,12,14-16,21H,3-9,11H2,1-2H3/t12?,14-,15-,16+,19-,20-/m0/s1. The van der Waals surface area contributed by atoms with Crippen molar-refractivity contribution in [2.24, 2.45) is 34.5 Å². The number of carbonyl (C=O) groups is 2. The van der Waals surface area contributed by atoms with Crippen LogP contribution in [0, 0.1) is 34.5 Å². The number of rotatable bonds is 1. The molecule has 0 aromatic carbocycles. The van der Waals surface area contributed by atoms with Gasteiger partial charge < -0.3 is 5.11 Å². The number of aliphatic hydroxyl groups is 1. The molecule has 0 radical (unpaired) electrons. The summed E-state index contributed by atoms with van der Waals surface area (Å²) in [4.78, 5) is 24.4. The molecule has 0 aromatic rings. The summed E-state index contributed by atoms with van der Waals surface area (Å²) in [5, 5.41) is 10.4. The Balaban J connectivity index is 1.77. The van der Waals surface area contributed by atoms with Gasteiger partial charge in [-0.15, -0.1) is 0 Å². The van der Waals surface area contributed by atoms with Crippen molar-refractivity contribution >= 4 is 11.6 Å². The molecule has 0 spiro atoms. The maximum Gasteiger partial charge on any atom is 0.155 e. The summed E-state index contributed by atoms with van der Waals surface area (Å²) < 4.78 is 0. The lowest BCUT2D eigenvalue weighted by Crippen LogP contribution is -2.54. The van der Waals surface area contributed by atoms with Gasteiger partial charge in [-0.1, -0.05) is 19.4 Å². The number of ketones is 2. The van der Waals surface area contributed by atoms with Crippen LogP contribution in [0.5, 0.6) is 0 Å². The van der Waals surface area contributed by atoms with Crippen molar-refractivity contribution in [3.05, 3.63) is 11.6 Å². The van der Waals surface area contributed by atoms with E-state index >= 15 is 0 Å². The number of fused-ring (bicyclic) bond motifs is 5. The molecule has 0 aliphatic heterocycles. The molecular weight excluding hydrogens is 288 g/mol. The van der Waals surface area contributed by atoms with E-state index in [-0.39, 0.29) is 23.2 Å². The van der Waals surface area contributed by atoms with E-state index in [1.807, 2.05) is 6.08 Å². The van der Waals surface area contributed by atoms with E-state index in [0.717, 1.165) is 38.5 Å². The maximum absolute atomic E-state index is 12.5. The SMILES string of the molecule is CC1C[C@@H]2[C@@H](CC[C@]3(C)C(=O)CC[C@@H]23)[C@@]2(CO)CCC(=O)C=C12. The number of carbonyl (C=O) groups excluding carboxylic acids is 2. The summed E-state index contributed by atoms with van der Waals surface area (Å²) in [6, 6.07) is 0. The van der Waals surface area contributed by atoms with Crippen molar-refractivity contribution in [3.8, 4) is 0 Å². The minimum atomic E-state index is -0.191. The van der Waals surface area contributed by atoms with Crippen molar-refractivity contribution < 1.29 is 14.7 Å². The summed E-state index contributed by atoms with van der Waals surface area (Å²) in [5.41, 5.74) is 0.900. The van der Waals surface area contributed by atoms with E-state index in [9.17, 15) is 14.7 Å². The second-order valence-corrected chi connectivity index (χ2v) is 8.81. The first-order valence-electron chi connectivity index (χ1n) is 9.31. The minimum Gasteiger partial charge on any atom is -0.395 e. The molecule has 0 aromatic heterocycles. The van der Waals surface area contributed by atoms with Gasteiger partial charge in [0, 0.05) is 23.7 Å². The Bertz CT molecular complexity index is 592. The lowest BCUT2D eigenvalue weighted by molar-refractivity contribution is -0.135. The first-order chi connectivity index (χ1) is 10.9. The summed E-state index contributed by atoms with van der Waals surface area (Å²) in [7, 11) is 0. The third-order valence-electron chi connectivity index (χ3n) is 8.00. The second-order valence-electron chi connectivity index (χ2n) is 8.81. The lowest BCUT2D eigenvalue weighted by atomic mass is 9.45. The molecule has 3 saturated carbocycles. The number of aliphatic hydroxyl groups excluding tert-OH is 1. The van der Waals surface area contributed by atoms with Crippen LogP contribution in [-0.4, -0.2) is 23.3 Å². The van der Waals surface area contributed by atoms with E-state index in [0.29, 0.717) is 35.9 Å². The Morgan fingerprint density at radius 2 is 1.96 bits per heavy atom. The van der Waals surface area contributed by atoms with Crippen LogP contribution in [0.25, 0.3) is 0 Å². The number of hydrogen-bond donors (Lipinski definition) is 1. The fourth-order valence-electron chi connectivity index (χ4n) is 6.81. The fraction of sp³-hybridized carbons (Fsp3) is 0.800.